The molecule has 0 bridgehead atoms. The number of carbonyl (C=O) groups is 1. The maximum atomic E-state index is 13.3. The van der Waals surface area contributed by atoms with Crippen LogP contribution >= 0.6 is 0 Å². The van der Waals surface area contributed by atoms with Crippen LogP contribution in [0, 0.1) is 12.7 Å². The van der Waals surface area contributed by atoms with E-state index in [0.717, 1.165) is 17.2 Å². The molecule has 0 aliphatic heterocycles. The summed E-state index contributed by atoms with van der Waals surface area (Å²) in [6.07, 6.45) is -0.0952. The molecule has 0 fully saturated rings. The summed E-state index contributed by atoms with van der Waals surface area (Å²) >= 11 is 0. The van der Waals surface area contributed by atoms with Crippen LogP contribution in [0.25, 0.3) is 0 Å². The molecule has 2 aromatic carbocycles. The van der Waals surface area contributed by atoms with E-state index in [1.54, 1.807) is 7.11 Å². The molecule has 0 saturated heterocycles. The maximum Gasteiger partial charge on any atom is 0.225 e. The number of benzene rings is 2. The van der Waals surface area contributed by atoms with Gasteiger partial charge in [0, 0.05) is 11.1 Å². The molecule has 2 N–H and O–H groups in total. The molecular formula is C18H20FNO3. The Balaban J connectivity index is 2.11. The number of carbonyl (C=O) groups excluding carboxylic acids is 1. The highest BCUT2D eigenvalue weighted by molar-refractivity contribution is 5.79. The summed E-state index contributed by atoms with van der Waals surface area (Å²) in [5.41, 5.74) is 2.18. The SMILES string of the molecule is COc1ccc(C)cc1[C@@H](C)NC(=O)Cc1cccc(F)c1O. The van der Waals surface area contributed by atoms with Gasteiger partial charge in [0.2, 0.25) is 5.91 Å². The number of halogens is 1. The van der Waals surface area contributed by atoms with Crippen LogP contribution in [0.2, 0.25) is 0 Å². The van der Waals surface area contributed by atoms with Crippen molar-refractivity contribution in [2.24, 2.45) is 0 Å². The van der Waals surface area contributed by atoms with Crippen molar-refractivity contribution >= 4 is 5.91 Å². The van der Waals surface area contributed by atoms with Gasteiger partial charge in [-0.1, -0.05) is 29.8 Å². The highest BCUT2D eigenvalue weighted by atomic mass is 19.1. The molecule has 2 aromatic rings. The van der Waals surface area contributed by atoms with Gasteiger partial charge in [-0.3, -0.25) is 4.79 Å². The second kappa shape index (κ2) is 7.13. The lowest BCUT2D eigenvalue weighted by Crippen LogP contribution is -2.28. The molecule has 122 valence electrons. The predicted molar refractivity (Wildman–Crippen MR) is 86.1 cm³/mol. The summed E-state index contributed by atoms with van der Waals surface area (Å²) in [7, 11) is 1.58. The largest absolute Gasteiger partial charge is 0.505 e. The molecule has 0 spiro atoms. The number of aromatic hydroxyl groups is 1. The van der Waals surface area contributed by atoms with Crippen LogP contribution in [0.3, 0.4) is 0 Å². The Kier molecular flexibility index (Phi) is 5.21. The first-order valence-corrected chi connectivity index (χ1v) is 7.32. The number of hydrogen-bond donors (Lipinski definition) is 2. The monoisotopic (exact) mass is 317 g/mol. The Morgan fingerprint density at radius 3 is 2.78 bits per heavy atom. The molecule has 1 atom stereocenters. The molecule has 1 amide bonds. The van der Waals surface area contributed by atoms with E-state index in [9.17, 15) is 14.3 Å². The second-order valence-corrected chi connectivity index (χ2v) is 5.46. The zero-order chi connectivity index (χ0) is 17.0. The number of phenolic OH excluding ortho intramolecular Hbond substituents is 1. The summed E-state index contributed by atoms with van der Waals surface area (Å²) in [4.78, 5) is 12.2. The molecule has 0 heterocycles. The minimum absolute atomic E-state index is 0.0952. The standard InChI is InChI=1S/C18H20FNO3/c1-11-7-8-16(23-3)14(9-11)12(2)20-17(21)10-13-5-4-6-15(19)18(13)22/h4-9,12,22H,10H2,1-3H3,(H,20,21)/t12-/m1/s1. The number of hydrogen-bond acceptors (Lipinski definition) is 3. The second-order valence-electron chi connectivity index (χ2n) is 5.46. The summed E-state index contributed by atoms with van der Waals surface area (Å²) < 4.78 is 18.6. The Morgan fingerprint density at radius 2 is 2.09 bits per heavy atom. The van der Waals surface area contributed by atoms with Crippen molar-refractivity contribution in [3.05, 3.63) is 58.9 Å². The van der Waals surface area contributed by atoms with Gasteiger partial charge in [0.05, 0.1) is 19.6 Å². The van der Waals surface area contributed by atoms with Crippen LogP contribution in [0.15, 0.2) is 36.4 Å². The first-order chi connectivity index (χ1) is 10.9. The van der Waals surface area contributed by atoms with Crippen molar-refractivity contribution < 1.29 is 19.0 Å². The topological polar surface area (TPSA) is 58.6 Å². The van der Waals surface area contributed by atoms with E-state index in [-0.39, 0.29) is 23.9 Å². The van der Waals surface area contributed by atoms with E-state index in [1.165, 1.54) is 12.1 Å². The van der Waals surface area contributed by atoms with Crippen molar-refractivity contribution in [1.82, 2.24) is 5.32 Å². The van der Waals surface area contributed by atoms with Crippen LogP contribution < -0.4 is 10.1 Å². The minimum atomic E-state index is -0.733. The molecule has 0 unspecified atom stereocenters. The van der Waals surface area contributed by atoms with E-state index in [2.05, 4.69) is 5.32 Å². The van der Waals surface area contributed by atoms with Gasteiger partial charge in [0.1, 0.15) is 5.75 Å². The third-order valence-corrected chi connectivity index (χ3v) is 3.65. The smallest absolute Gasteiger partial charge is 0.225 e. The molecule has 0 radical (unpaired) electrons. The first-order valence-electron chi connectivity index (χ1n) is 7.32. The van der Waals surface area contributed by atoms with Gasteiger partial charge in [0.15, 0.2) is 11.6 Å². The number of amides is 1. The van der Waals surface area contributed by atoms with Crippen LogP contribution in [0.5, 0.6) is 11.5 Å². The van der Waals surface area contributed by atoms with Gasteiger partial charge in [-0.2, -0.15) is 0 Å². The first kappa shape index (κ1) is 16.8. The number of rotatable bonds is 5. The third kappa shape index (κ3) is 4.00. The van der Waals surface area contributed by atoms with Crippen molar-refractivity contribution in [1.29, 1.82) is 0 Å². The summed E-state index contributed by atoms with van der Waals surface area (Å²) in [6, 6.07) is 9.60. The summed E-state index contributed by atoms with van der Waals surface area (Å²) in [6.45, 7) is 3.81. The molecule has 0 aliphatic carbocycles. The van der Waals surface area contributed by atoms with Gasteiger partial charge < -0.3 is 15.2 Å². The van der Waals surface area contributed by atoms with E-state index < -0.39 is 11.6 Å². The molecule has 0 saturated carbocycles. The molecule has 0 aliphatic rings. The van der Waals surface area contributed by atoms with E-state index >= 15 is 0 Å². The molecule has 5 heteroatoms. The van der Waals surface area contributed by atoms with Crippen LogP contribution in [-0.2, 0) is 11.2 Å². The Hall–Kier alpha value is -2.56. The van der Waals surface area contributed by atoms with Gasteiger partial charge >= 0.3 is 0 Å². The Labute approximate surface area is 134 Å². The fourth-order valence-corrected chi connectivity index (χ4v) is 2.44. The van der Waals surface area contributed by atoms with Gasteiger partial charge in [-0.15, -0.1) is 0 Å². The summed E-state index contributed by atoms with van der Waals surface area (Å²) in [5.74, 6) is -0.828. The molecule has 0 aromatic heterocycles. The van der Waals surface area contributed by atoms with Gasteiger partial charge in [-0.05, 0) is 26.0 Å². The fraction of sp³-hybridized carbons (Fsp3) is 0.278. The third-order valence-electron chi connectivity index (χ3n) is 3.65. The quantitative estimate of drug-likeness (QED) is 0.890. The molecule has 4 nitrogen and oxygen atoms in total. The Bertz CT molecular complexity index is 715. The van der Waals surface area contributed by atoms with E-state index in [4.69, 9.17) is 4.74 Å². The average Bonchev–Trinajstić information content (AvgIpc) is 2.51. The minimum Gasteiger partial charge on any atom is -0.505 e. The van der Waals surface area contributed by atoms with E-state index in [1.807, 2.05) is 32.0 Å². The number of methoxy groups -OCH3 is 1. The normalized spacial score (nSPS) is 11.8. The van der Waals surface area contributed by atoms with Crippen molar-refractivity contribution in [2.45, 2.75) is 26.3 Å². The van der Waals surface area contributed by atoms with Crippen LogP contribution in [-0.4, -0.2) is 18.1 Å². The Morgan fingerprint density at radius 1 is 1.35 bits per heavy atom. The van der Waals surface area contributed by atoms with Crippen LogP contribution in [0.1, 0.15) is 29.7 Å². The zero-order valence-corrected chi connectivity index (χ0v) is 13.4. The van der Waals surface area contributed by atoms with Gasteiger partial charge in [0.25, 0.3) is 0 Å². The number of phenols is 1. The highest BCUT2D eigenvalue weighted by Crippen LogP contribution is 2.26. The lowest BCUT2D eigenvalue weighted by atomic mass is 10.0. The molecule has 2 rings (SSSR count). The number of nitrogens with one attached hydrogen (secondary N) is 1. The molecule has 23 heavy (non-hydrogen) atoms. The summed E-state index contributed by atoms with van der Waals surface area (Å²) in [5, 5.41) is 12.5. The predicted octanol–water partition coefficient (Wildman–Crippen LogP) is 3.27. The van der Waals surface area contributed by atoms with Crippen LogP contribution in [0.4, 0.5) is 4.39 Å². The number of aryl methyl sites for hydroxylation is 1. The zero-order valence-electron chi connectivity index (χ0n) is 13.4. The maximum absolute atomic E-state index is 13.3. The number of ether oxygens (including phenoxy) is 1. The lowest BCUT2D eigenvalue weighted by molar-refractivity contribution is -0.121. The van der Waals surface area contributed by atoms with E-state index in [0.29, 0.717) is 5.75 Å². The molecular weight excluding hydrogens is 297 g/mol. The van der Waals surface area contributed by atoms with Crippen molar-refractivity contribution in [2.75, 3.05) is 7.11 Å². The number of para-hydroxylation sites is 1. The highest BCUT2D eigenvalue weighted by Gasteiger charge is 2.16. The fourth-order valence-electron chi connectivity index (χ4n) is 2.44. The average molecular weight is 317 g/mol. The van der Waals surface area contributed by atoms with Gasteiger partial charge in [-0.25, -0.2) is 4.39 Å². The lowest BCUT2D eigenvalue weighted by Gasteiger charge is -2.18. The van der Waals surface area contributed by atoms with Crippen molar-refractivity contribution in [3.63, 3.8) is 0 Å². The van der Waals surface area contributed by atoms with Crippen molar-refractivity contribution in [3.8, 4) is 11.5 Å².